The topological polar surface area (TPSA) is 102 Å². The van der Waals surface area contributed by atoms with Gasteiger partial charge in [-0.15, -0.1) is 11.3 Å². The van der Waals surface area contributed by atoms with Gasteiger partial charge in [-0.05, 0) is 19.4 Å². The summed E-state index contributed by atoms with van der Waals surface area (Å²) in [5.41, 5.74) is 0.564. The Kier molecular flexibility index (Phi) is 4.89. The highest BCUT2D eigenvalue weighted by Crippen LogP contribution is 2.24. The molecule has 0 saturated heterocycles. The number of nitro benzene ring substituents is 1. The van der Waals surface area contributed by atoms with E-state index < -0.39 is 21.0 Å². The molecule has 0 amide bonds. The molecule has 1 N–H and O–H groups in total. The first-order chi connectivity index (χ1) is 10.3. The first kappa shape index (κ1) is 16.5. The van der Waals surface area contributed by atoms with Crippen LogP contribution in [0.4, 0.5) is 5.69 Å². The molecule has 0 aliphatic heterocycles. The molecule has 2 rings (SSSR count). The molecule has 0 fully saturated rings. The lowest BCUT2D eigenvalue weighted by molar-refractivity contribution is -0.385. The number of aryl methyl sites for hydroxylation is 1. The van der Waals surface area contributed by atoms with Gasteiger partial charge in [-0.1, -0.05) is 13.0 Å². The molecule has 0 bridgehead atoms. The van der Waals surface area contributed by atoms with Gasteiger partial charge in [0.2, 0.25) is 10.0 Å². The van der Waals surface area contributed by atoms with Crippen LogP contribution in [0.25, 0.3) is 0 Å². The minimum atomic E-state index is -3.85. The zero-order valence-electron chi connectivity index (χ0n) is 12.0. The molecule has 0 saturated carbocycles. The zero-order chi connectivity index (χ0) is 16.3. The standard InChI is InChI=1S/C13H15N3O4S2/c1-3-12(13-14-9(2)8-21-13)15-22(19,20)11-6-4-5-10(7-11)16(17)18/h4-8,12,15H,3H2,1-2H3/t12-/m0/s1. The number of sulfonamides is 1. The first-order valence-corrected chi connectivity index (χ1v) is 8.88. The average Bonchev–Trinajstić information content (AvgIpc) is 2.91. The highest BCUT2D eigenvalue weighted by atomic mass is 32.2. The second-order valence-corrected chi connectivity index (χ2v) is 7.27. The maximum Gasteiger partial charge on any atom is 0.270 e. The fourth-order valence-corrected chi connectivity index (χ4v) is 4.19. The summed E-state index contributed by atoms with van der Waals surface area (Å²) in [6, 6.07) is 4.52. The van der Waals surface area contributed by atoms with Gasteiger partial charge in [0.15, 0.2) is 0 Å². The number of rotatable bonds is 6. The summed E-state index contributed by atoms with van der Waals surface area (Å²) in [7, 11) is -3.85. The molecule has 0 aliphatic carbocycles. The van der Waals surface area contributed by atoms with Gasteiger partial charge in [0.25, 0.3) is 5.69 Å². The Morgan fingerprint density at radius 3 is 2.73 bits per heavy atom. The molecule has 1 aromatic heterocycles. The number of benzene rings is 1. The third-order valence-corrected chi connectivity index (χ3v) is 5.52. The minimum Gasteiger partial charge on any atom is -0.258 e. The predicted octanol–water partition coefficient (Wildman–Crippen LogP) is 2.79. The molecule has 22 heavy (non-hydrogen) atoms. The van der Waals surface area contributed by atoms with Crippen molar-refractivity contribution in [3.05, 3.63) is 50.5 Å². The van der Waals surface area contributed by atoms with Crippen molar-refractivity contribution in [2.24, 2.45) is 0 Å². The smallest absolute Gasteiger partial charge is 0.258 e. The average molecular weight is 341 g/mol. The Bertz CT molecular complexity index is 786. The molecule has 1 heterocycles. The van der Waals surface area contributed by atoms with E-state index in [2.05, 4.69) is 9.71 Å². The number of hydrogen-bond acceptors (Lipinski definition) is 6. The van der Waals surface area contributed by atoms with Crippen molar-refractivity contribution in [3.63, 3.8) is 0 Å². The van der Waals surface area contributed by atoms with Crippen LogP contribution in [-0.4, -0.2) is 18.3 Å². The number of non-ortho nitro benzene ring substituents is 1. The molecule has 2 aromatic rings. The summed E-state index contributed by atoms with van der Waals surface area (Å²) in [5, 5.41) is 13.3. The van der Waals surface area contributed by atoms with Crippen molar-refractivity contribution >= 4 is 27.0 Å². The maximum atomic E-state index is 12.4. The summed E-state index contributed by atoms with van der Waals surface area (Å²) in [5.74, 6) is 0. The van der Waals surface area contributed by atoms with Crippen molar-refractivity contribution in [1.29, 1.82) is 0 Å². The number of nitro groups is 1. The van der Waals surface area contributed by atoms with E-state index in [4.69, 9.17) is 0 Å². The molecule has 0 unspecified atom stereocenters. The summed E-state index contributed by atoms with van der Waals surface area (Å²) in [4.78, 5) is 14.3. The fourth-order valence-electron chi connectivity index (χ4n) is 1.86. The van der Waals surface area contributed by atoms with E-state index in [1.165, 1.54) is 29.5 Å². The van der Waals surface area contributed by atoms with Gasteiger partial charge < -0.3 is 0 Å². The summed E-state index contributed by atoms with van der Waals surface area (Å²) < 4.78 is 27.4. The number of aromatic nitrogens is 1. The molecule has 0 spiro atoms. The Morgan fingerprint density at radius 2 is 2.18 bits per heavy atom. The quantitative estimate of drug-likeness (QED) is 0.643. The fraction of sp³-hybridized carbons (Fsp3) is 0.308. The van der Waals surface area contributed by atoms with Gasteiger partial charge in [0.1, 0.15) is 5.01 Å². The molecule has 7 nitrogen and oxygen atoms in total. The molecule has 1 aromatic carbocycles. The largest absolute Gasteiger partial charge is 0.270 e. The van der Waals surface area contributed by atoms with Crippen LogP contribution in [0, 0.1) is 17.0 Å². The van der Waals surface area contributed by atoms with Gasteiger partial charge in [-0.3, -0.25) is 10.1 Å². The lowest BCUT2D eigenvalue weighted by Crippen LogP contribution is -2.28. The van der Waals surface area contributed by atoms with Crippen molar-refractivity contribution < 1.29 is 13.3 Å². The van der Waals surface area contributed by atoms with E-state index in [1.807, 2.05) is 19.2 Å². The van der Waals surface area contributed by atoms with Crippen molar-refractivity contribution in [2.45, 2.75) is 31.2 Å². The number of hydrogen-bond donors (Lipinski definition) is 1. The van der Waals surface area contributed by atoms with E-state index >= 15 is 0 Å². The van der Waals surface area contributed by atoms with Crippen LogP contribution in [0.5, 0.6) is 0 Å². The van der Waals surface area contributed by atoms with Gasteiger partial charge in [-0.25, -0.2) is 18.1 Å². The van der Waals surface area contributed by atoms with Crippen LogP contribution < -0.4 is 4.72 Å². The molecule has 0 aliphatic rings. The van der Waals surface area contributed by atoms with Gasteiger partial charge in [0, 0.05) is 23.2 Å². The molecule has 9 heteroatoms. The zero-order valence-corrected chi connectivity index (χ0v) is 13.6. The van der Waals surface area contributed by atoms with Gasteiger partial charge in [-0.2, -0.15) is 0 Å². The van der Waals surface area contributed by atoms with Crippen LogP contribution >= 0.6 is 11.3 Å². The monoisotopic (exact) mass is 341 g/mol. The van der Waals surface area contributed by atoms with E-state index in [-0.39, 0.29) is 10.6 Å². The number of thiazole rings is 1. The van der Waals surface area contributed by atoms with Crippen LogP contribution in [0.3, 0.4) is 0 Å². The maximum absolute atomic E-state index is 12.4. The van der Waals surface area contributed by atoms with Crippen molar-refractivity contribution in [2.75, 3.05) is 0 Å². The summed E-state index contributed by atoms with van der Waals surface area (Å²) >= 11 is 1.38. The highest BCUT2D eigenvalue weighted by molar-refractivity contribution is 7.89. The molecule has 0 radical (unpaired) electrons. The Morgan fingerprint density at radius 1 is 1.45 bits per heavy atom. The highest BCUT2D eigenvalue weighted by Gasteiger charge is 2.23. The second kappa shape index (κ2) is 6.51. The first-order valence-electron chi connectivity index (χ1n) is 6.52. The molecular weight excluding hydrogens is 326 g/mol. The molecular formula is C13H15N3O4S2. The van der Waals surface area contributed by atoms with Crippen molar-refractivity contribution in [1.82, 2.24) is 9.71 Å². The summed E-state index contributed by atoms with van der Waals surface area (Å²) in [6.45, 7) is 3.68. The van der Waals surface area contributed by atoms with Crippen LogP contribution in [0.2, 0.25) is 0 Å². The lowest BCUT2D eigenvalue weighted by atomic mass is 10.2. The molecule has 1 atom stereocenters. The Labute approximate surface area is 132 Å². The van der Waals surface area contributed by atoms with E-state index in [9.17, 15) is 18.5 Å². The lowest BCUT2D eigenvalue weighted by Gasteiger charge is -2.14. The predicted molar refractivity (Wildman–Crippen MR) is 83.3 cm³/mol. The van der Waals surface area contributed by atoms with Crippen LogP contribution in [0.15, 0.2) is 34.5 Å². The van der Waals surface area contributed by atoms with Gasteiger partial charge >= 0.3 is 0 Å². The second-order valence-electron chi connectivity index (χ2n) is 4.66. The minimum absolute atomic E-state index is 0.131. The third kappa shape index (κ3) is 3.67. The van der Waals surface area contributed by atoms with Crippen molar-refractivity contribution in [3.8, 4) is 0 Å². The van der Waals surface area contributed by atoms with E-state index in [1.54, 1.807) is 0 Å². The van der Waals surface area contributed by atoms with Crippen LogP contribution in [-0.2, 0) is 10.0 Å². The normalized spacial score (nSPS) is 13.0. The van der Waals surface area contributed by atoms with Gasteiger partial charge in [0.05, 0.1) is 15.9 Å². The SMILES string of the molecule is CC[C@H](NS(=O)(=O)c1cccc([N+](=O)[O-])c1)c1nc(C)cs1. The van der Waals surface area contributed by atoms with E-state index in [0.717, 1.165) is 11.8 Å². The van der Waals surface area contributed by atoms with E-state index in [0.29, 0.717) is 11.4 Å². The third-order valence-electron chi connectivity index (χ3n) is 2.98. The number of nitrogens with one attached hydrogen (secondary N) is 1. The number of nitrogens with zero attached hydrogens (tertiary/aromatic N) is 2. The van der Waals surface area contributed by atoms with Crippen LogP contribution in [0.1, 0.15) is 30.1 Å². The molecule has 118 valence electrons. The summed E-state index contributed by atoms with van der Waals surface area (Å²) in [6.07, 6.45) is 0.529. The Hall–Kier alpha value is -1.84. The Balaban J connectivity index is 2.30.